The van der Waals surface area contributed by atoms with Crippen molar-refractivity contribution in [1.82, 2.24) is 19.2 Å². The van der Waals surface area contributed by atoms with Gasteiger partial charge in [-0.15, -0.1) is 0 Å². The fourth-order valence-electron chi connectivity index (χ4n) is 3.63. The highest BCUT2D eigenvalue weighted by atomic mass is 16.6. The molecule has 1 amide bonds. The maximum Gasteiger partial charge on any atom is 0.345 e. The van der Waals surface area contributed by atoms with Crippen LogP contribution in [0.2, 0.25) is 0 Å². The summed E-state index contributed by atoms with van der Waals surface area (Å²) in [5, 5.41) is 15.1. The van der Waals surface area contributed by atoms with Gasteiger partial charge in [0, 0.05) is 50.3 Å². The van der Waals surface area contributed by atoms with E-state index in [9.17, 15) is 19.7 Å². The van der Waals surface area contributed by atoms with Crippen LogP contribution in [-0.4, -0.2) is 43.2 Å². The summed E-state index contributed by atoms with van der Waals surface area (Å²) in [5.41, 5.74) is 0.589. The molecule has 9 heteroatoms. The first-order valence-electron chi connectivity index (χ1n) is 9.64. The number of nitro groups is 1. The molecule has 0 radical (unpaired) electrons. The predicted octanol–water partition coefficient (Wildman–Crippen LogP) is 2.49. The van der Waals surface area contributed by atoms with Crippen molar-refractivity contribution in [3.63, 3.8) is 0 Å². The normalized spacial score (nSPS) is 17.2. The molecule has 29 heavy (non-hydrogen) atoms. The molecule has 1 atom stereocenters. The van der Waals surface area contributed by atoms with E-state index in [-0.39, 0.29) is 29.2 Å². The largest absolute Gasteiger partial charge is 0.345 e. The molecule has 2 aromatic rings. The molecular formula is C20H25N5O4. The fourth-order valence-corrected chi connectivity index (χ4v) is 3.63. The molecule has 1 unspecified atom stereocenters. The van der Waals surface area contributed by atoms with E-state index in [1.54, 1.807) is 34.7 Å². The highest BCUT2D eigenvalue weighted by Crippen LogP contribution is 2.26. The van der Waals surface area contributed by atoms with Crippen LogP contribution >= 0.6 is 0 Å². The van der Waals surface area contributed by atoms with Crippen molar-refractivity contribution in [2.45, 2.75) is 38.6 Å². The fraction of sp³-hybridized carbons (Fsp3) is 0.450. The SMILES string of the molecule is CC(C)n1c(C2CCCN(C(=O)/C=C/c3ccc([N+](=O)[O-])cc3)C2)nn(C)c1=O. The lowest BCUT2D eigenvalue weighted by molar-refractivity contribution is -0.384. The van der Waals surface area contributed by atoms with Gasteiger partial charge in [0.05, 0.1) is 4.92 Å². The van der Waals surface area contributed by atoms with Gasteiger partial charge in [0.15, 0.2) is 0 Å². The molecule has 1 aromatic carbocycles. The summed E-state index contributed by atoms with van der Waals surface area (Å²) in [5.74, 6) is 0.614. The van der Waals surface area contributed by atoms with E-state index in [0.29, 0.717) is 13.1 Å². The van der Waals surface area contributed by atoms with Crippen molar-refractivity contribution in [3.8, 4) is 0 Å². The number of aromatic nitrogens is 3. The number of nitro benzene ring substituents is 1. The number of benzene rings is 1. The number of amides is 1. The second-order valence-corrected chi connectivity index (χ2v) is 7.53. The molecule has 154 valence electrons. The second-order valence-electron chi connectivity index (χ2n) is 7.53. The zero-order valence-electron chi connectivity index (χ0n) is 16.8. The van der Waals surface area contributed by atoms with Crippen LogP contribution in [0.15, 0.2) is 35.1 Å². The van der Waals surface area contributed by atoms with Crippen LogP contribution in [0.25, 0.3) is 6.08 Å². The minimum Gasteiger partial charge on any atom is -0.338 e. The van der Waals surface area contributed by atoms with Gasteiger partial charge < -0.3 is 4.90 Å². The van der Waals surface area contributed by atoms with Gasteiger partial charge >= 0.3 is 5.69 Å². The number of carbonyl (C=O) groups is 1. The van der Waals surface area contributed by atoms with Gasteiger partial charge in [-0.1, -0.05) is 0 Å². The van der Waals surface area contributed by atoms with Crippen molar-refractivity contribution < 1.29 is 9.72 Å². The quantitative estimate of drug-likeness (QED) is 0.436. The van der Waals surface area contributed by atoms with E-state index < -0.39 is 4.92 Å². The summed E-state index contributed by atoms with van der Waals surface area (Å²) in [6.45, 7) is 5.06. The van der Waals surface area contributed by atoms with E-state index in [1.807, 2.05) is 13.8 Å². The van der Waals surface area contributed by atoms with Gasteiger partial charge in [-0.05, 0) is 50.5 Å². The Balaban J connectivity index is 1.72. The van der Waals surface area contributed by atoms with E-state index in [0.717, 1.165) is 24.2 Å². The van der Waals surface area contributed by atoms with Crippen LogP contribution in [-0.2, 0) is 11.8 Å². The van der Waals surface area contributed by atoms with Crippen molar-refractivity contribution in [2.75, 3.05) is 13.1 Å². The van der Waals surface area contributed by atoms with Gasteiger partial charge in [0.25, 0.3) is 5.69 Å². The molecule has 1 saturated heterocycles. The summed E-state index contributed by atoms with van der Waals surface area (Å²) >= 11 is 0. The number of piperidine rings is 1. The molecule has 0 saturated carbocycles. The van der Waals surface area contributed by atoms with Crippen molar-refractivity contribution in [2.24, 2.45) is 7.05 Å². The number of aryl methyl sites for hydroxylation is 1. The second kappa shape index (κ2) is 8.42. The van der Waals surface area contributed by atoms with Crippen LogP contribution in [0.1, 0.15) is 50.0 Å². The third-order valence-corrected chi connectivity index (χ3v) is 5.12. The monoisotopic (exact) mass is 399 g/mol. The highest BCUT2D eigenvalue weighted by molar-refractivity contribution is 5.91. The van der Waals surface area contributed by atoms with Gasteiger partial charge in [0.2, 0.25) is 5.91 Å². The molecule has 0 bridgehead atoms. The summed E-state index contributed by atoms with van der Waals surface area (Å²) < 4.78 is 3.05. The lowest BCUT2D eigenvalue weighted by atomic mass is 9.96. The maximum atomic E-state index is 12.7. The molecule has 0 N–H and O–H groups in total. The number of rotatable bonds is 5. The third-order valence-electron chi connectivity index (χ3n) is 5.12. The first kappa shape index (κ1) is 20.5. The van der Waals surface area contributed by atoms with Crippen LogP contribution in [0.4, 0.5) is 5.69 Å². The van der Waals surface area contributed by atoms with Crippen molar-refractivity contribution in [1.29, 1.82) is 0 Å². The van der Waals surface area contributed by atoms with Gasteiger partial charge in [-0.3, -0.25) is 19.5 Å². The Morgan fingerprint density at radius 1 is 1.31 bits per heavy atom. The van der Waals surface area contributed by atoms with Gasteiger partial charge in [-0.25, -0.2) is 9.48 Å². The molecule has 1 fully saturated rings. The Hall–Kier alpha value is -3.23. The zero-order valence-corrected chi connectivity index (χ0v) is 16.8. The Morgan fingerprint density at radius 2 is 2.00 bits per heavy atom. The first-order valence-corrected chi connectivity index (χ1v) is 9.64. The molecule has 1 aromatic heterocycles. The summed E-state index contributed by atoms with van der Waals surface area (Å²) in [7, 11) is 1.64. The van der Waals surface area contributed by atoms with Gasteiger partial charge in [0.1, 0.15) is 5.82 Å². The molecule has 2 heterocycles. The number of likely N-dealkylation sites (tertiary alicyclic amines) is 1. The van der Waals surface area contributed by atoms with Crippen LogP contribution in [0.3, 0.4) is 0 Å². The van der Waals surface area contributed by atoms with Crippen molar-refractivity contribution >= 4 is 17.7 Å². The Bertz CT molecular complexity index is 987. The molecule has 0 spiro atoms. The van der Waals surface area contributed by atoms with Crippen LogP contribution in [0.5, 0.6) is 0 Å². The lowest BCUT2D eigenvalue weighted by Crippen LogP contribution is -2.39. The average Bonchev–Trinajstić information content (AvgIpc) is 3.01. The van der Waals surface area contributed by atoms with E-state index in [1.165, 1.54) is 22.9 Å². The smallest absolute Gasteiger partial charge is 0.338 e. The Labute approximate surface area is 168 Å². The van der Waals surface area contributed by atoms with E-state index in [4.69, 9.17) is 0 Å². The summed E-state index contributed by atoms with van der Waals surface area (Å²) in [6, 6.07) is 6.03. The lowest BCUT2D eigenvalue weighted by Gasteiger charge is -2.32. The minimum atomic E-state index is -0.457. The van der Waals surface area contributed by atoms with Crippen molar-refractivity contribution in [3.05, 3.63) is 62.3 Å². The molecule has 9 nitrogen and oxygen atoms in total. The molecule has 1 aliphatic rings. The third kappa shape index (κ3) is 4.44. The highest BCUT2D eigenvalue weighted by Gasteiger charge is 2.29. The molecular weight excluding hydrogens is 374 g/mol. The van der Waals surface area contributed by atoms with E-state index >= 15 is 0 Å². The van der Waals surface area contributed by atoms with Crippen LogP contribution in [0, 0.1) is 10.1 Å². The Morgan fingerprint density at radius 3 is 2.62 bits per heavy atom. The predicted molar refractivity (Wildman–Crippen MR) is 109 cm³/mol. The minimum absolute atomic E-state index is 0.000638. The number of carbonyl (C=O) groups excluding carboxylic acids is 1. The summed E-state index contributed by atoms with van der Waals surface area (Å²) in [4.78, 5) is 37.0. The topological polar surface area (TPSA) is 103 Å². The number of non-ortho nitro benzene ring substituents is 1. The number of nitrogens with zero attached hydrogens (tertiary/aromatic N) is 5. The maximum absolute atomic E-state index is 12.7. The van der Waals surface area contributed by atoms with E-state index in [2.05, 4.69) is 5.10 Å². The van der Waals surface area contributed by atoms with Crippen LogP contribution < -0.4 is 5.69 Å². The number of hydrogen-bond acceptors (Lipinski definition) is 5. The number of hydrogen-bond donors (Lipinski definition) is 0. The Kier molecular flexibility index (Phi) is 5.95. The molecule has 1 aliphatic heterocycles. The first-order chi connectivity index (χ1) is 13.8. The standard InChI is InChI=1S/C20H25N5O4/c1-14(2)24-19(21-22(3)20(24)27)16-5-4-12-23(13-16)18(26)11-8-15-6-9-17(10-7-15)25(28)29/h6-11,14,16H,4-5,12-13H2,1-3H3/b11-8+. The molecule has 0 aliphatic carbocycles. The summed E-state index contributed by atoms with van der Waals surface area (Å²) in [6.07, 6.45) is 4.85. The van der Waals surface area contributed by atoms with Gasteiger partial charge in [-0.2, -0.15) is 5.10 Å². The molecule has 3 rings (SSSR count). The average molecular weight is 399 g/mol. The zero-order chi connectivity index (χ0) is 21.1.